The second-order valence-corrected chi connectivity index (χ2v) is 6.10. The van der Waals surface area contributed by atoms with E-state index >= 15 is 0 Å². The highest BCUT2D eigenvalue weighted by molar-refractivity contribution is 5.49. The molecule has 0 bridgehead atoms. The van der Waals surface area contributed by atoms with E-state index in [4.69, 9.17) is 9.15 Å². The number of hydrogen-bond acceptors (Lipinski definition) is 3. The van der Waals surface area contributed by atoms with Gasteiger partial charge in [-0.3, -0.25) is 0 Å². The number of methoxy groups -OCH3 is 1. The SMILES string of the molecule is COCCNCC(=Cc1ccc(C2CC2C)o1)C(C)C. The minimum Gasteiger partial charge on any atom is -0.461 e. The molecule has 112 valence electrons. The quantitative estimate of drug-likeness (QED) is 0.736. The fourth-order valence-electron chi connectivity index (χ4n) is 2.38. The maximum absolute atomic E-state index is 5.96. The zero-order chi connectivity index (χ0) is 14.5. The molecule has 2 rings (SSSR count). The monoisotopic (exact) mass is 277 g/mol. The van der Waals surface area contributed by atoms with E-state index in [1.54, 1.807) is 7.11 Å². The van der Waals surface area contributed by atoms with Crippen LogP contribution < -0.4 is 5.32 Å². The van der Waals surface area contributed by atoms with E-state index in [9.17, 15) is 0 Å². The summed E-state index contributed by atoms with van der Waals surface area (Å²) < 4.78 is 11.0. The zero-order valence-electron chi connectivity index (χ0n) is 13.1. The first-order valence-electron chi connectivity index (χ1n) is 7.61. The van der Waals surface area contributed by atoms with E-state index in [0.717, 1.165) is 37.1 Å². The van der Waals surface area contributed by atoms with Crippen molar-refractivity contribution in [3.8, 4) is 0 Å². The molecule has 1 aliphatic rings. The molecule has 0 aromatic carbocycles. The lowest BCUT2D eigenvalue weighted by Crippen LogP contribution is -2.23. The van der Waals surface area contributed by atoms with Gasteiger partial charge in [-0.1, -0.05) is 26.3 Å². The third-order valence-electron chi connectivity index (χ3n) is 4.00. The summed E-state index contributed by atoms with van der Waals surface area (Å²) in [6.07, 6.45) is 3.45. The third kappa shape index (κ3) is 4.22. The summed E-state index contributed by atoms with van der Waals surface area (Å²) in [4.78, 5) is 0. The fourth-order valence-corrected chi connectivity index (χ4v) is 2.38. The van der Waals surface area contributed by atoms with E-state index in [1.807, 2.05) is 0 Å². The van der Waals surface area contributed by atoms with Crippen molar-refractivity contribution in [1.29, 1.82) is 0 Å². The Kier molecular flexibility index (Phi) is 5.44. The van der Waals surface area contributed by atoms with Crippen molar-refractivity contribution in [1.82, 2.24) is 5.32 Å². The Morgan fingerprint density at radius 1 is 1.50 bits per heavy atom. The largest absolute Gasteiger partial charge is 0.461 e. The lowest BCUT2D eigenvalue weighted by molar-refractivity contribution is 0.200. The Balaban J connectivity index is 1.95. The van der Waals surface area contributed by atoms with E-state index < -0.39 is 0 Å². The van der Waals surface area contributed by atoms with Crippen molar-refractivity contribution < 1.29 is 9.15 Å². The van der Waals surface area contributed by atoms with Crippen molar-refractivity contribution in [3.63, 3.8) is 0 Å². The van der Waals surface area contributed by atoms with E-state index in [0.29, 0.717) is 11.8 Å². The molecule has 1 heterocycles. The van der Waals surface area contributed by atoms with Crippen LogP contribution in [-0.2, 0) is 4.74 Å². The predicted molar refractivity (Wildman–Crippen MR) is 82.8 cm³/mol. The summed E-state index contributed by atoms with van der Waals surface area (Å²) in [5, 5.41) is 3.40. The second kappa shape index (κ2) is 7.09. The molecule has 0 radical (unpaired) electrons. The Labute approximate surface area is 122 Å². The lowest BCUT2D eigenvalue weighted by Gasteiger charge is -2.12. The number of nitrogens with one attached hydrogen (secondary N) is 1. The Morgan fingerprint density at radius 2 is 2.25 bits per heavy atom. The van der Waals surface area contributed by atoms with Gasteiger partial charge < -0.3 is 14.5 Å². The molecule has 3 heteroatoms. The number of ether oxygens (including phenoxy) is 1. The average molecular weight is 277 g/mol. The average Bonchev–Trinajstić information content (AvgIpc) is 2.97. The summed E-state index contributed by atoms with van der Waals surface area (Å²) in [5.41, 5.74) is 1.37. The van der Waals surface area contributed by atoms with Crippen molar-refractivity contribution >= 4 is 6.08 Å². The first kappa shape index (κ1) is 15.3. The molecule has 0 spiro atoms. The summed E-state index contributed by atoms with van der Waals surface area (Å²) >= 11 is 0. The molecule has 1 fully saturated rings. The van der Waals surface area contributed by atoms with E-state index in [-0.39, 0.29) is 0 Å². The third-order valence-corrected chi connectivity index (χ3v) is 4.00. The van der Waals surface area contributed by atoms with Gasteiger partial charge in [-0.15, -0.1) is 0 Å². The van der Waals surface area contributed by atoms with Gasteiger partial charge in [-0.25, -0.2) is 0 Å². The van der Waals surface area contributed by atoms with Gasteiger partial charge in [0.2, 0.25) is 0 Å². The first-order chi connectivity index (χ1) is 9.61. The first-order valence-corrected chi connectivity index (χ1v) is 7.61. The van der Waals surface area contributed by atoms with Crippen LogP contribution in [0.1, 0.15) is 44.6 Å². The smallest absolute Gasteiger partial charge is 0.127 e. The van der Waals surface area contributed by atoms with E-state index in [1.165, 1.54) is 12.0 Å². The molecule has 1 aliphatic carbocycles. The molecule has 1 aromatic rings. The molecule has 2 unspecified atom stereocenters. The highest BCUT2D eigenvalue weighted by Crippen LogP contribution is 2.47. The maximum Gasteiger partial charge on any atom is 0.127 e. The van der Waals surface area contributed by atoms with Crippen LogP contribution in [0.5, 0.6) is 0 Å². The van der Waals surface area contributed by atoms with Crippen molar-refractivity contribution in [2.24, 2.45) is 11.8 Å². The van der Waals surface area contributed by atoms with Gasteiger partial charge in [0.1, 0.15) is 11.5 Å². The van der Waals surface area contributed by atoms with Gasteiger partial charge >= 0.3 is 0 Å². The topological polar surface area (TPSA) is 34.4 Å². The summed E-state index contributed by atoms with van der Waals surface area (Å²) in [7, 11) is 1.73. The van der Waals surface area contributed by atoms with Crippen molar-refractivity contribution in [2.45, 2.75) is 33.1 Å². The molecular weight excluding hydrogens is 250 g/mol. The van der Waals surface area contributed by atoms with Crippen LogP contribution in [-0.4, -0.2) is 26.8 Å². The lowest BCUT2D eigenvalue weighted by atomic mass is 10.0. The number of furan rings is 1. The number of rotatable bonds is 8. The minimum atomic E-state index is 0.512. The fraction of sp³-hybridized carbons (Fsp3) is 0.647. The van der Waals surface area contributed by atoms with Crippen LogP contribution in [0.15, 0.2) is 22.1 Å². The highest BCUT2D eigenvalue weighted by atomic mass is 16.5. The molecule has 2 atom stereocenters. The van der Waals surface area contributed by atoms with Gasteiger partial charge in [-0.05, 0) is 36.5 Å². The van der Waals surface area contributed by atoms with Gasteiger partial charge in [-0.2, -0.15) is 0 Å². The summed E-state index contributed by atoms with van der Waals surface area (Å²) in [6, 6.07) is 4.23. The summed E-state index contributed by atoms with van der Waals surface area (Å²) in [6.45, 7) is 9.23. The molecule has 3 nitrogen and oxygen atoms in total. The minimum absolute atomic E-state index is 0.512. The maximum atomic E-state index is 5.96. The van der Waals surface area contributed by atoms with Crippen LogP contribution >= 0.6 is 0 Å². The normalized spacial score (nSPS) is 22.6. The van der Waals surface area contributed by atoms with Crippen LogP contribution in [0.4, 0.5) is 0 Å². The van der Waals surface area contributed by atoms with Crippen molar-refractivity contribution in [2.75, 3.05) is 26.8 Å². The van der Waals surface area contributed by atoms with Crippen LogP contribution in [0.3, 0.4) is 0 Å². The zero-order valence-corrected chi connectivity index (χ0v) is 13.1. The van der Waals surface area contributed by atoms with Gasteiger partial charge in [0.15, 0.2) is 0 Å². The molecule has 1 aromatic heterocycles. The highest BCUT2D eigenvalue weighted by Gasteiger charge is 2.36. The summed E-state index contributed by atoms with van der Waals surface area (Å²) in [5.74, 6) is 4.09. The Hall–Kier alpha value is -1.06. The molecule has 0 aliphatic heterocycles. The Bertz CT molecular complexity index is 448. The second-order valence-electron chi connectivity index (χ2n) is 6.10. The number of hydrogen-bond donors (Lipinski definition) is 1. The van der Waals surface area contributed by atoms with E-state index in [2.05, 4.69) is 44.3 Å². The van der Waals surface area contributed by atoms with Gasteiger partial charge in [0.05, 0.1) is 6.61 Å². The molecule has 0 amide bonds. The molecule has 1 saturated carbocycles. The molecule has 20 heavy (non-hydrogen) atoms. The van der Waals surface area contributed by atoms with Crippen molar-refractivity contribution in [3.05, 3.63) is 29.2 Å². The molecule has 1 N–H and O–H groups in total. The molecule has 0 saturated heterocycles. The van der Waals surface area contributed by atoms with Crippen LogP contribution in [0.2, 0.25) is 0 Å². The standard InChI is InChI=1S/C17H27NO2/c1-12(2)14(11-18-7-8-19-4)10-15-5-6-17(20-15)16-9-13(16)3/h5-6,10,12-13,16,18H,7-9,11H2,1-4H3. The van der Waals surface area contributed by atoms with Gasteiger partial charge in [0, 0.05) is 26.1 Å². The van der Waals surface area contributed by atoms with Crippen LogP contribution in [0, 0.1) is 11.8 Å². The van der Waals surface area contributed by atoms with Crippen LogP contribution in [0.25, 0.3) is 6.08 Å². The predicted octanol–water partition coefficient (Wildman–Crippen LogP) is 3.68. The van der Waals surface area contributed by atoms with Gasteiger partial charge in [0.25, 0.3) is 0 Å². The molecular formula is C17H27NO2. The Morgan fingerprint density at radius 3 is 2.85 bits per heavy atom.